The average Bonchev–Trinajstić information content (AvgIpc) is 3.10. The second-order valence-corrected chi connectivity index (χ2v) is 12.3. The van der Waals surface area contributed by atoms with Crippen molar-refractivity contribution in [1.29, 1.82) is 5.26 Å². The van der Waals surface area contributed by atoms with Crippen LogP contribution in [0.5, 0.6) is 0 Å². The number of nitrogens with one attached hydrogen (secondary N) is 3. The van der Waals surface area contributed by atoms with Crippen molar-refractivity contribution in [3.63, 3.8) is 0 Å². The van der Waals surface area contributed by atoms with Crippen molar-refractivity contribution in [3.8, 4) is 6.07 Å². The minimum atomic E-state index is -5.15. The van der Waals surface area contributed by atoms with Gasteiger partial charge < -0.3 is 20.6 Å². The molecule has 2 aliphatic heterocycles. The largest absolute Gasteiger partial charge is 0.471 e. The Morgan fingerprint density at radius 1 is 1.19 bits per heavy atom. The van der Waals surface area contributed by atoms with Crippen LogP contribution in [0.15, 0.2) is 0 Å². The molecule has 2 aliphatic carbocycles. The number of aliphatic hydroxyl groups is 1. The first-order valence-corrected chi connectivity index (χ1v) is 13.0. The van der Waals surface area contributed by atoms with E-state index >= 15 is 0 Å². The summed E-state index contributed by atoms with van der Waals surface area (Å²) in [6.45, 7) is 4.87. The number of nitriles is 1. The molecule has 0 aromatic rings. The van der Waals surface area contributed by atoms with Gasteiger partial charge in [-0.2, -0.15) is 18.4 Å². The van der Waals surface area contributed by atoms with Crippen molar-refractivity contribution in [2.45, 2.75) is 102 Å². The minimum Gasteiger partial charge on any atom is -0.378 e. The Morgan fingerprint density at radius 3 is 2.41 bits per heavy atom. The number of aliphatic hydroxyl groups excluding tert-OH is 1. The number of fused-ring (bicyclic) bond motifs is 1. The van der Waals surface area contributed by atoms with Gasteiger partial charge in [0.15, 0.2) is 0 Å². The van der Waals surface area contributed by atoms with Crippen molar-refractivity contribution in [2.75, 3.05) is 6.54 Å². The Bertz CT molecular complexity index is 971. The molecule has 206 valence electrons. The van der Waals surface area contributed by atoms with E-state index in [4.69, 9.17) is 0 Å². The maximum absolute atomic E-state index is 13.6. The SMILES string of the molecule is CC(C)(C)[C@H](NC(=O)C(F)(F)F)C(=O)N1C[C@@H]2CCCC2[C@H]1C(=O)N[C@H](C#N)C[C@@H]1CC2(CC2)NC1O. The van der Waals surface area contributed by atoms with Crippen LogP contribution in [-0.4, -0.2) is 70.3 Å². The summed E-state index contributed by atoms with van der Waals surface area (Å²) in [6.07, 6.45) is -0.670. The first-order chi connectivity index (χ1) is 17.1. The van der Waals surface area contributed by atoms with E-state index < -0.39 is 53.7 Å². The number of rotatable bonds is 6. The van der Waals surface area contributed by atoms with E-state index in [-0.39, 0.29) is 36.3 Å². The Balaban J connectivity index is 1.50. The highest BCUT2D eigenvalue weighted by Gasteiger charge is 2.54. The lowest BCUT2D eigenvalue weighted by Gasteiger charge is -2.36. The van der Waals surface area contributed by atoms with E-state index in [2.05, 4.69) is 16.7 Å². The van der Waals surface area contributed by atoms with Crippen molar-refractivity contribution in [3.05, 3.63) is 0 Å². The third-order valence-corrected chi connectivity index (χ3v) is 8.51. The molecule has 4 N–H and O–H groups in total. The Morgan fingerprint density at radius 2 is 1.86 bits per heavy atom. The number of likely N-dealkylation sites (tertiary alicyclic amines) is 1. The molecule has 0 aromatic carbocycles. The van der Waals surface area contributed by atoms with Gasteiger partial charge in [-0.15, -0.1) is 0 Å². The summed E-state index contributed by atoms with van der Waals surface area (Å²) in [4.78, 5) is 40.2. The lowest BCUT2D eigenvalue weighted by atomic mass is 9.85. The lowest BCUT2D eigenvalue weighted by Crippen LogP contribution is -2.60. The lowest BCUT2D eigenvalue weighted by molar-refractivity contribution is -0.176. The van der Waals surface area contributed by atoms with Crippen LogP contribution in [0.2, 0.25) is 0 Å². The van der Waals surface area contributed by atoms with Gasteiger partial charge in [-0.25, -0.2) is 0 Å². The van der Waals surface area contributed by atoms with Crippen molar-refractivity contribution >= 4 is 17.7 Å². The highest BCUT2D eigenvalue weighted by Crippen LogP contribution is 2.47. The molecule has 37 heavy (non-hydrogen) atoms. The molecule has 4 aliphatic rings. The first kappa shape index (κ1) is 27.6. The topological polar surface area (TPSA) is 135 Å². The molecular formula is C25H36F3N5O4. The summed E-state index contributed by atoms with van der Waals surface area (Å²) in [7, 11) is 0. The van der Waals surface area contributed by atoms with Crippen molar-refractivity contribution < 1.29 is 32.7 Å². The molecule has 0 aromatic heterocycles. The fourth-order valence-electron chi connectivity index (χ4n) is 6.41. The van der Waals surface area contributed by atoms with Crippen molar-refractivity contribution in [2.24, 2.45) is 23.2 Å². The normalized spacial score (nSPS) is 31.9. The standard InChI is InChI=1S/C25H36F3N5O4/c1-23(2,3)18(31-22(37)25(26,27)28)21(36)33-12-13-5-4-6-16(13)17(33)20(35)30-15(11-29)9-14-10-24(7-8-24)32-19(14)34/h13-19,32,34H,4-10,12H2,1-3H3,(H,30,35)(H,31,37)/t13-,14+,15-,16?,17-,18+,19?/m0/s1. The molecule has 2 unspecified atom stereocenters. The number of carbonyl (C=O) groups excluding carboxylic acids is 3. The molecule has 2 heterocycles. The number of halogens is 3. The van der Waals surface area contributed by atoms with Crippen LogP contribution < -0.4 is 16.0 Å². The molecule has 4 fully saturated rings. The Labute approximate surface area is 214 Å². The highest BCUT2D eigenvalue weighted by atomic mass is 19.4. The summed E-state index contributed by atoms with van der Waals surface area (Å²) in [5.74, 6) is -3.81. The van der Waals surface area contributed by atoms with Crippen LogP contribution in [0, 0.1) is 34.5 Å². The fraction of sp³-hybridized carbons (Fsp3) is 0.840. The van der Waals surface area contributed by atoms with E-state index in [9.17, 15) is 37.9 Å². The van der Waals surface area contributed by atoms with Gasteiger partial charge in [0.2, 0.25) is 11.8 Å². The third kappa shape index (κ3) is 5.72. The highest BCUT2D eigenvalue weighted by molar-refractivity contribution is 5.94. The van der Waals surface area contributed by atoms with Gasteiger partial charge in [-0.1, -0.05) is 27.2 Å². The monoisotopic (exact) mass is 527 g/mol. The predicted octanol–water partition coefficient (Wildman–Crippen LogP) is 1.57. The number of carbonyl (C=O) groups is 3. The zero-order valence-corrected chi connectivity index (χ0v) is 21.4. The molecular weight excluding hydrogens is 491 g/mol. The number of alkyl halides is 3. The zero-order valence-electron chi connectivity index (χ0n) is 21.4. The molecule has 0 radical (unpaired) electrons. The van der Waals surface area contributed by atoms with Gasteiger partial charge >= 0.3 is 12.1 Å². The number of hydrogen-bond donors (Lipinski definition) is 4. The van der Waals surface area contributed by atoms with Gasteiger partial charge in [0, 0.05) is 18.0 Å². The van der Waals surface area contributed by atoms with Crippen LogP contribution in [0.4, 0.5) is 13.2 Å². The molecule has 2 saturated heterocycles. The van der Waals surface area contributed by atoms with Crippen LogP contribution in [0.1, 0.15) is 65.7 Å². The molecule has 0 bridgehead atoms. The van der Waals surface area contributed by atoms with E-state index in [1.807, 2.05) is 5.32 Å². The zero-order chi connectivity index (χ0) is 27.3. The van der Waals surface area contributed by atoms with E-state index in [1.165, 1.54) is 4.90 Å². The molecule has 7 atom stereocenters. The van der Waals surface area contributed by atoms with Crippen LogP contribution in [0.25, 0.3) is 0 Å². The molecule has 4 rings (SSSR count). The first-order valence-electron chi connectivity index (χ1n) is 13.0. The quantitative estimate of drug-likeness (QED) is 0.414. The molecule has 12 heteroatoms. The maximum atomic E-state index is 13.6. The summed E-state index contributed by atoms with van der Waals surface area (Å²) in [6, 6.07) is -1.23. The number of nitrogens with zero attached hydrogens (tertiary/aromatic N) is 2. The van der Waals surface area contributed by atoms with Gasteiger partial charge in [-0.05, 0) is 55.8 Å². The summed E-state index contributed by atoms with van der Waals surface area (Å²) >= 11 is 0. The van der Waals surface area contributed by atoms with Gasteiger partial charge in [0.1, 0.15) is 24.4 Å². The summed E-state index contributed by atoms with van der Waals surface area (Å²) in [5.41, 5.74) is -1.11. The molecule has 3 amide bonds. The van der Waals surface area contributed by atoms with E-state index in [0.717, 1.165) is 25.7 Å². The van der Waals surface area contributed by atoms with Crippen LogP contribution in [0.3, 0.4) is 0 Å². The smallest absolute Gasteiger partial charge is 0.378 e. The summed E-state index contributed by atoms with van der Waals surface area (Å²) < 4.78 is 39.0. The summed E-state index contributed by atoms with van der Waals surface area (Å²) in [5, 5.41) is 27.9. The Hall–Kier alpha value is -2.39. The van der Waals surface area contributed by atoms with Crippen molar-refractivity contribution in [1.82, 2.24) is 20.9 Å². The second kappa shape index (κ2) is 9.73. The molecule has 1 spiro atoms. The third-order valence-electron chi connectivity index (χ3n) is 8.51. The minimum absolute atomic E-state index is 0.0229. The second-order valence-electron chi connectivity index (χ2n) is 12.3. The number of amides is 3. The molecule has 2 saturated carbocycles. The van der Waals surface area contributed by atoms with Gasteiger partial charge in [0.25, 0.3) is 0 Å². The Kier molecular flexibility index (Phi) is 7.27. The van der Waals surface area contributed by atoms with Crippen LogP contribution >= 0.6 is 0 Å². The van der Waals surface area contributed by atoms with E-state index in [1.54, 1.807) is 20.8 Å². The average molecular weight is 528 g/mol. The fourth-order valence-corrected chi connectivity index (χ4v) is 6.41. The van der Waals surface area contributed by atoms with E-state index in [0.29, 0.717) is 12.8 Å². The number of hydrogen-bond acceptors (Lipinski definition) is 6. The van der Waals surface area contributed by atoms with Gasteiger partial charge in [-0.3, -0.25) is 19.7 Å². The van der Waals surface area contributed by atoms with Crippen LogP contribution in [-0.2, 0) is 14.4 Å². The maximum Gasteiger partial charge on any atom is 0.471 e. The predicted molar refractivity (Wildman–Crippen MR) is 125 cm³/mol. The molecule has 9 nitrogen and oxygen atoms in total. The van der Waals surface area contributed by atoms with Gasteiger partial charge in [0.05, 0.1) is 6.07 Å².